The predicted molar refractivity (Wildman–Crippen MR) is 118 cm³/mol. The summed E-state index contributed by atoms with van der Waals surface area (Å²) in [5.74, 6) is -0.350. The fraction of sp³-hybridized carbons (Fsp3) is 0.192. The molecule has 5 nitrogen and oxygen atoms in total. The van der Waals surface area contributed by atoms with Crippen LogP contribution in [0, 0.1) is 0 Å². The molecule has 0 aliphatic heterocycles. The maximum absolute atomic E-state index is 10.8. The molecule has 0 aliphatic rings. The number of hydrogen-bond donors (Lipinski definition) is 1. The van der Waals surface area contributed by atoms with E-state index in [1.54, 1.807) is 12.3 Å². The van der Waals surface area contributed by atoms with Crippen molar-refractivity contribution in [1.82, 2.24) is 0 Å². The third kappa shape index (κ3) is 5.13. The molecule has 0 atom stereocenters. The van der Waals surface area contributed by atoms with Gasteiger partial charge in [-0.25, -0.2) is 4.79 Å². The predicted octanol–water partition coefficient (Wildman–Crippen LogP) is 5.64. The van der Waals surface area contributed by atoms with E-state index in [1.165, 1.54) is 11.1 Å². The molecule has 0 unspecified atom stereocenters. The molecule has 5 heteroatoms. The van der Waals surface area contributed by atoms with E-state index in [2.05, 4.69) is 48.5 Å². The van der Waals surface area contributed by atoms with Gasteiger partial charge in [-0.1, -0.05) is 72.8 Å². The monoisotopic (exact) mass is 416 g/mol. The number of aliphatic carboxylic acids is 1. The van der Waals surface area contributed by atoms with Gasteiger partial charge < -0.3 is 19.0 Å². The van der Waals surface area contributed by atoms with Gasteiger partial charge in [-0.15, -0.1) is 0 Å². The third-order valence-electron chi connectivity index (χ3n) is 5.21. The van der Waals surface area contributed by atoms with Crippen molar-refractivity contribution in [1.29, 1.82) is 0 Å². The number of para-hydroxylation sites is 1. The minimum absolute atomic E-state index is 0.263. The number of ether oxygens (including phenoxy) is 2. The second-order valence-electron chi connectivity index (χ2n) is 7.29. The molecule has 3 aromatic carbocycles. The lowest BCUT2D eigenvalue weighted by molar-refractivity contribution is -0.139. The number of carboxylic acids is 1. The molecule has 31 heavy (non-hydrogen) atoms. The summed E-state index contributed by atoms with van der Waals surface area (Å²) in [4.78, 5) is 10.8. The van der Waals surface area contributed by atoms with Gasteiger partial charge in [0.25, 0.3) is 0 Å². The van der Waals surface area contributed by atoms with Gasteiger partial charge in [0, 0.05) is 23.5 Å². The van der Waals surface area contributed by atoms with Gasteiger partial charge in [-0.2, -0.15) is 0 Å². The number of rotatable bonds is 10. The second kappa shape index (κ2) is 9.96. The van der Waals surface area contributed by atoms with Gasteiger partial charge in [0.05, 0.1) is 12.9 Å². The van der Waals surface area contributed by atoms with Crippen LogP contribution in [0.25, 0.3) is 11.0 Å². The number of hydrogen-bond acceptors (Lipinski definition) is 4. The Morgan fingerprint density at radius 1 is 0.903 bits per heavy atom. The Hall–Kier alpha value is -3.57. The van der Waals surface area contributed by atoms with Crippen molar-refractivity contribution in [2.24, 2.45) is 0 Å². The minimum atomic E-state index is -1.03. The summed E-state index contributed by atoms with van der Waals surface area (Å²) in [6.07, 6.45) is 2.50. The Morgan fingerprint density at radius 2 is 1.58 bits per heavy atom. The maximum atomic E-state index is 10.8. The lowest BCUT2D eigenvalue weighted by atomic mass is 9.89. The lowest BCUT2D eigenvalue weighted by Gasteiger charge is -2.18. The topological polar surface area (TPSA) is 68.9 Å². The maximum Gasteiger partial charge on any atom is 0.341 e. The highest BCUT2D eigenvalue weighted by atomic mass is 16.5. The van der Waals surface area contributed by atoms with E-state index in [-0.39, 0.29) is 5.92 Å². The van der Waals surface area contributed by atoms with E-state index in [9.17, 15) is 4.79 Å². The molecule has 0 spiro atoms. The van der Waals surface area contributed by atoms with Gasteiger partial charge >= 0.3 is 5.97 Å². The van der Waals surface area contributed by atoms with E-state index in [0.29, 0.717) is 24.5 Å². The van der Waals surface area contributed by atoms with Crippen molar-refractivity contribution < 1.29 is 23.8 Å². The van der Waals surface area contributed by atoms with E-state index in [0.717, 1.165) is 17.4 Å². The van der Waals surface area contributed by atoms with E-state index < -0.39 is 12.6 Å². The zero-order valence-electron chi connectivity index (χ0n) is 17.1. The van der Waals surface area contributed by atoms with Crippen LogP contribution in [0.4, 0.5) is 0 Å². The van der Waals surface area contributed by atoms with Crippen LogP contribution in [0.5, 0.6) is 5.75 Å². The molecule has 4 aromatic rings. The van der Waals surface area contributed by atoms with Crippen LogP contribution in [0.1, 0.15) is 29.0 Å². The number of carboxylic acid groups (broad SMARTS) is 1. The second-order valence-corrected chi connectivity index (χ2v) is 7.29. The molecule has 0 amide bonds. The summed E-state index contributed by atoms with van der Waals surface area (Å²) in [7, 11) is 0. The first-order chi connectivity index (χ1) is 15.2. The van der Waals surface area contributed by atoms with Crippen molar-refractivity contribution in [2.45, 2.75) is 18.9 Å². The molecule has 158 valence electrons. The molecule has 0 bridgehead atoms. The molecule has 0 saturated heterocycles. The van der Waals surface area contributed by atoms with Gasteiger partial charge in [0.1, 0.15) is 0 Å². The van der Waals surface area contributed by atoms with E-state index in [1.807, 2.05) is 24.3 Å². The normalized spacial score (nSPS) is 11.1. The van der Waals surface area contributed by atoms with Crippen molar-refractivity contribution >= 4 is 16.9 Å². The Bertz CT molecular complexity index is 1080. The average Bonchev–Trinajstić information content (AvgIpc) is 3.22. The first-order valence-corrected chi connectivity index (χ1v) is 10.2. The standard InChI is InChI=1S/C26H24O5/c27-25(28)18-30-24-13-7-12-23-21(17-31-26(23)24)16-29-15-14-22(19-8-3-1-4-9-19)20-10-5-2-6-11-20/h1-13,17,22H,14-16,18H2,(H,27,28). The molecular weight excluding hydrogens is 392 g/mol. The van der Waals surface area contributed by atoms with Crippen LogP contribution in [0.15, 0.2) is 89.5 Å². The number of fused-ring (bicyclic) bond motifs is 1. The molecule has 0 saturated carbocycles. The molecule has 0 aliphatic carbocycles. The summed E-state index contributed by atoms with van der Waals surface area (Å²) < 4.78 is 16.9. The molecule has 0 radical (unpaired) electrons. The summed E-state index contributed by atoms with van der Waals surface area (Å²) in [5.41, 5.74) is 3.98. The fourth-order valence-electron chi connectivity index (χ4n) is 3.73. The van der Waals surface area contributed by atoms with Gasteiger partial charge in [-0.05, 0) is 23.6 Å². The minimum Gasteiger partial charge on any atom is -0.479 e. The largest absolute Gasteiger partial charge is 0.479 e. The molecule has 0 fully saturated rings. The van der Waals surface area contributed by atoms with E-state index in [4.69, 9.17) is 19.0 Å². The van der Waals surface area contributed by atoms with Crippen LogP contribution in [0.2, 0.25) is 0 Å². The first kappa shape index (κ1) is 20.7. The highest BCUT2D eigenvalue weighted by Gasteiger charge is 2.15. The van der Waals surface area contributed by atoms with Crippen molar-refractivity contribution in [3.63, 3.8) is 0 Å². The molecule has 1 N–H and O–H groups in total. The zero-order chi connectivity index (χ0) is 21.5. The first-order valence-electron chi connectivity index (χ1n) is 10.2. The number of carbonyl (C=O) groups is 1. The Kier molecular flexibility index (Phi) is 6.65. The Labute approximate surface area is 180 Å². The van der Waals surface area contributed by atoms with Crippen LogP contribution in [-0.4, -0.2) is 24.3 Å². The molecular formula is C26H24O5. The fourth-order valence-corrected chi connectivity index (χ4v) is 3.73. The van der Waals surface area contributed by atoms with Crippen LogP contribution < -0.4 is 4.74 Å². The van der Waals surface area contributed by atoms with Gasteiger partial charge in [0.15, 0.2) is 17.9 Å². The van der Waals surface area contributed by atoms with Crippen molar-refractivity contribution in [3.05, 3.63) is 102 Å². The molecule has 4 rings (SSSR count). The number of furan rings is 1. The van der Waals surface area contributed by atoms with Crippen LogP contribution in [0.3, 0.4) is 0 Å². The smallest absolute Gasteiger partial charge is 0.341 e. The quantitative estimate of drug-likeness (QED) is 0.339. The zero-order valence-corrected chi connectivity index (χ0v) is 17.1. The number of benzene rings is 3. The summed E-state index contributed by atoms with van der Waals surface area (Å²) >= 11 is 0. The van der Waals surface area contributed by atoms with Crippen molar-refractivity contribution in [3.8, 4) is 5.75 Å². The summed E-state index contributed by atoms with van der Waals surface area (Å²) in [6, 6.07) is 26.4. The third-order valence-corrected chi connectivity index (χ3v) is 5.21. The summed E-state index contributed by atoms with van der Waals surface area (Å²) in [5, 5.41) is 9.70. The highest BCUT2D eigenvalue weighted by Crippen LogP contribution is 2.31. The Morgan fingerprint density at radius 3 is 2.23 bits per heavy atom. The van der Waals surface area contributed by atoms with Gasteiger partial charge in [-0.3, -0.25) is 0 Å². The Balaban J connectivity index is 1.41. The summed E-state index contributed by atoms with van der Waals surface area (Å²) in [6.45, 7) is 0.591. The highest BCUT2D eigenvalue weighted by molar-refractivity contribution is 5.86. The van der Waals surface area contributed by atoms with Crippen molar-refractivity contribution in [2.75, 3.05) is 13.2 Å². The van der Waals surface area contributed by atoms with E-state index >= 15 is 0 Å². The average molecular weight is 416 g/mol. The lowest BCUT2D eigenvalue weighted by Crippen LogP contribution is -2.09. The molecule has 1 aromatic heterocycles. The SMILES string of the molecule is O=C(O)COc1cccc2c(COCCC(c3ccccc3)c3ccccc3)coc12. The van der Waals surface area contributed by atoms with Crippen LogP contribution >= 0.6 is 0 Å². The molecule has 1 heterocycles. The van der Waals surface area contributed by atoms with Gasteiger partial charge in [0.2, 0.25) is 0 Å². The van der Waals surface area contributed by atoms with Crippen LogP contribution in [-0.2, 0) is 16.1 Å².